The smallest absolute Gasteiger partial charge is 0.398 e. The van der Waals surface area contributed by atoms with Gasteiger partial charge in [0, 0.05) is 12.4 Å². The minimum absolute atomic E-state index is 0.498. The van der Waals surface area contributed by atoms with Gasteiger partial charge in [-0.25, -0.2) is 4.39 Å². The summed E-state index contributed by atoms with van der Waals surface area (Å²) in [7, 11) is -1.02. The average molecular weight is 316 g/mol. The van der Waals surface area contributed by atoms with Gasteiger partial charge in [0.1, 0.15) is 17.1 Å². The number of hydrogen-bond acceptors (Lipinski definition) is 5. The maximum Gasteiger partial charge on any atom is 0.525 e. The SMILES string of the molecule is CC1(C)OB(C(F)=Cc2cc(-c3cnccn3)n[nH]2)OC1(C)C. The van der Waals surface area contributed by atoms with Gasteiger partial charge in [-0.2, -0.15) is 5.10 Å². The lowest BCUT2D eigenvalue weighted by molar-refractivity contribution is 0.00578. The third kappa shape index (κ3) is 3.04. The van der Waals surface area contributed by atoms with Gasteiger partial charge in [0.05, 0.1) is 23.1 Å². The van der Waals surface area contributed by atoms with E-state index >= 15 is 0 Å². The fraction of sp³-hybridized carbons (Fsp3) is 0.400. The van der Waals surface area contributed by atoms with Crippen molar-refractivity contribution >= 4 is 13.2 Å². The number of rotatable bonds is 3. The minimum Gasteiger partial charge on any atom is -0.398 e. The predicted octanol–water partition coefficient (Wildman–Crippen LogP) is 2.81. The zero-order valence-corrected chi connectivity index (χ0v) is 13.5. The first-order valence-electron chi connectivity index (χ1n) is 7.33. The Morgan fingerprint density at radius 3 is 2.48 bits per heavy atom. The Bertz CT molecular complexity index is 714. The van der Waals surface area contributed by atoms with Gasteiger partial charge in [-0.05, 0) is 39.8 Å². The molecular formula is C15H18BFN4O2. The molecule has 0 unspecified atom stereocenters. The first kappa shape index (κ1) is 15.8. The van der Waals surface area contributed by atoms with Gasteiger partial charge in [0.15, 0.2) is 0 Å². The first-order chi connectivity index (χ1) is 10.8. The van der Waals surface area contributed by atoms with Gasteiger partial charge < -0.3 is 9.31 Å². The van der Waals surface area contributed by atoms with Gasteiger partial charge in [-0.15, -0.1) is 0 Å². The van der Waals surface area contributed by atoms with Crippen molar-refractivity contribution in [3.05, 3.63) is 36.1 Å². The fourth-order valence-electron chi connectivity index (χ4n) is 2.15. The summed E-state index contributed by atoms with van der Waals surface area (Å²) in [5.74, 6) is 0. The number of aromatic amines is 1. The molecule has 0 spiro atoms. The summed E-state index contributed by atoms with van der Waals surface area (Å²) in [6.07, 6.45) is 6.06. The maximum atomic E-state index is 14.4. The van der Waals surface area contributed by atoms with Crippen LogP contribution in [0.4, 0.5) is 4.39 Å². The Hall–Kier alpha value is -2.06. The standard InChI is InChI=1S/C15H18BFN4O2/c1-14(2)15(3,4)23-16(22-14)13(17)8-10-7-11(21-20-10)12-9-18-5-6-19-12/h5-9H,1-4H3,(H,20,21). The Balaban J connectivity index is 1.79. The van der Waals surface area contributed by atoms with Crippen molar-refractivity contribution in [2.45, 2.75) is 38.9 Å². The molecule has 0 saturated carbocycles. The molecule has 8 heteroatoms. The molecule has 0 atom stereocenters. The van der Waals surface area contributed by atoms with E-state index in [2.05, 4.69) is 20.2 Å². The van der Waals surface area contributed by atoms with E-state index < -0.39 is 24.0 Å². The van der Waals surface area contributed by atoms with Gasteiger partial charge in [0.25, 0.3) is 0 Å². The van der Waals surface area contributed by atoms with Gasteiger partial charge >= 0.3 is 7.12 Å². The van der Waals surface area contributed by atoms with Crippen molar-refractivity contribution < 1.29 is 13.7 Å². The molecule has 3 heterocycles. The van der Waals surface area contributed by atoms with Crippen molar-refractivity contribution in [1.82, 2.24) is 20.2 Å². The lowest BCUT2D eigenvalue weighted by Crippen LogP contribution is -2.41. The highest BCUT2D eigenvalue weighted by Gasteiger charge is 2.53. The van der Waals surface area contributed by atoms with Crippen LogP contribution >= 0.6 is 0 Å². The van der Waals surface area contributed by atoms with E-state index in [1.807, 2.05) is 27.7 Å². The summed E-state index contributed by atoms with van der Waals surface area (Å²) in [6.45, 7) is 7.51. The number of halogens is 1. The van der Waals surface area contributed by atoms with Crippen LogP contribution in [0.15, 0.2) is 30.4 Å². The summed E-state index contributed by atoms with van der Waals surface area (Å²) < 4.78 is 25.8. The summed E-state index contributed by atoms with van der Waals surface area (Å²) in [6, 6.07) is 1.69. The molecule has 1 aliphatic rings. The number of nitrogens with one attached hydrogen (secondary N) is 1. The van der Waals surface area contributed by atoms with Crippen molar-refractivity contribution in [3.63, 3.8) is 0 Å². The second-order valence-electron chi connectivity index (χ2n) is 6.42. The van der Waals surface area contributed by atoms with E-state index in [0.717, 1.165) is 0 Å². The molecule has 2 aromatic heterocycles. The van der Waals surface area contributed by atoms with Crippen LogP contribution in [0.5, 0.6) is 0 Å². The summed E-state index contributed by atoms with van der Waals surface area (Å²) in [5.41, 5.74) is 0.0184. The number of hydrogen-bond donors (Lipinski definition) is 1. The zero-order valence-electron chi connectivity index (χ0n) is 13.5. The van der Waals surface area contributed by atoms with E-state index in [1.54, 1.807) is 24.7 Å². The molecule has 6 nitrogen and oxygen atoms in total. The molecule has 0 bridgehead atoms. The highest BCUT2D eigenvalue weighted by atomic mass is 19.1. The Kier molecular flexibility index (Phi) is 3.81. The third-order valence-electron chi connectivity index (χ3n) is 4.20. The van der Waals surface area contributed by atoms with Crippen molar-refractivity contribution in [3.8, 4) is 11.4 Å². The number of H-pyrrole nitrogens is 1. The highest BCUT2D eigenvalue weighted by molar-refractivity contribution is 6.54. The molecule has 2 aromatic rings. The number of nitrogens with zero attached hydrogens (tertiary/aromatic N) is 3. The number of aromatic nitrogens is 4. The Morgan fingerprint density at radius 1 is 1.17 bits per heavy atom. The van der Waals surface area contributed by atoms with Crippen molar-refractivity contribution in [2.24, 2.45) is 0 Å². The molecule has 0 aromatic carbocycles. The van der Waals surface area contributed by atoms with Crippen LogP contribution in [0.25, 0.3) is 17.5 Å². The van der Waals surface area contributed by atoms with Gasteiger partial charge in [-0.3, -0.25) is 15.1 Å². The summed E-state index contributed by atoms with van der Waals surface area (Å²) >= 11 is 0. The molecule has 1 N–H and O–H groups in total. The lowest BCUT2D eigenvalue weighted by Gasteiger charge is -2.32. The fourth-order valence-corrected chi connectivity index (χ4v) is 2.15. The molecule has 120 valence electrons. The highest BCUT2D eigenvalue weighted by Crippen LogP contribution is 2.39. The third-order valence-corrected chi connectivity index (χ3v) is 4.20. The molecule has 0 radical (unpaired) electrons. The van der Waals surface area contributed by atoms with E-state index in [-0.39, 0.29) is 0 Å². The average Bonchev–Trinajstić information content (AvgIpc) is 3.03. The predicted molar refractivity (Wildman–Crippen MR) is 84.8 cm³/mol. The molecule has 0 aliphatic carbocycles. The Morgan fingerprint density at radius 2 is 1.87 bits per heavy atom. The molecule has 1 saturated heterocycles. The lowest BCUT2D eigenvalue weighted by atomic mass is 9.87. The van der Waals surface area contributed by atoms with E-state index in [9.17, 15) is 4.39 Å². The molecule has 1 fully saturated rings. The van der Waals surface area contributed by atoms with E-state index in [0.29, 0.717) is 17.1 Å². The molecular weight excluding hydrogens is 298 g/mol. The van der Waals surface area contributed by atoms with E-state index in [1.165, 1.54) is 6.08 Å². The monoisotopic (exact) mass is 316 g/mol. The summed E-state index contributed by atoms with van der Waals surface area (Å²) in [4.78, 5) is 8.13. The molecule has 3 rings (SSSR count). The van der Waals surface area contributed by atoms with Crippen LogP contribution in [-0.4, -0.2) is 38.5 Å². The van der Waals surface area contributed by atoms with Crippen LogP contribution in [0.1, 0.15) is 33.4 Å². The van der Waals surface area contributed by atoms with Crippen molar-refractivity contribution in [1.29, 1.82) is 0 Å². The quantitative estimate of drug-likeness (QED) is 0.882. The second-order valence-corrected chi connectivity index (χ2v) is 6.42. The van der Waals surface area contributed by atoms with Crippen molar-refractivity contribution in [2.75, 3.05) is 0 Å². The molecule has 1 aliphatic heterocycles. The van der Waals surface area contributed by atoms with Gasteiger partial charge in [0.2, 0.25) is 0 Å². The van der Waals surface area contributed by atoms with E-state index in [4.69, 9.17) is 9.31 Å². The molecule has 0 amide bonds. The topological polar surface area (TPSA) is 72.9 Å². The first-order valence-corrected chi connectivity index (χ1v) is 7.33. The molecule has 23 heavy (non-hydrogen) atoms. The summed E-state index contributed by atoms with van der Waals surface area (Å²) in [5, 5.41) is 6.86. The Labute approximate surface area is 134 Å². The zero-order chi connectivity index (χ0) is 16.7. The largest absolute Gasteiger partial charge is 0.525 e. The van der Waals surface area contributed by atoms with Gasteiger partial charge in [-0.1, -0.05) is 0 Å². The van der Waals surface area contributed by atoms with Crippen LogP contribution < -0.4 is 0 Å². The van der Waals surface area contributed by atoms with Crippen LogP contribution in [-0.2, 0) is 9.31 Å². The van der Waals surface area contributed by atoms with Crippen LogP contribution in [0.3, 0.4) is 0 Å². The second kappa shape index (κ2) is 5.54. The normalized spacial score (nSPS) is 20.0. The minimum atomic E-state index is -1.02. The maximum absolute atomic E-state index is 14.4. The van der Waals surface area contributed by atoms with Crippen LogP contribution in [0.2, 0.25) is 0 Å². The van der Waals surface area contributed by atoms with Crippen LogP contribution in [0, 0.1) is 0 Å².